The summed E-state index contributed by atoms with van der Waals surface area (Å²) >= 11 is 0. The molecule has 4 rings (SSSR count). The van der Waals surface area contributed by atoms with E-state index >= 15 is 0 Å². The van der Waals surface area contributed by atoms with E-state index in [0.29, 0.717) is 55.5 Å². The predicted molar refractivity (Wildman–Crippen MR) is 97.0 cm³/mol. The highest BCUT2D eigenvalue weighted by Gasteiger charge is 2.28. The quantitative estimate of drug-likeness (QED) is 0.842. The molecule has 0 saturated carbocycles. The molecule has 1 aromatic carbocycles. The van der Waals surface area contributed by atoms with Crippen LogP contribution in [0.25, 0.3) is 0 Å². The van der Waals surface area contributed by atoms with Gasteiger partial charge in [-0.05, 0) is 43.7 Å². The van der Waals surface area contributed by atoms with Crippen LogP contribution in [0, 0.1) is 11.8 Å². The topological polar surface area (TPSA) is 67.9 Å². The molecule has 2 aliphatic heterocycles. The average molecular weight is 356 g/mol. The van der Waals surface area contributed by atoms with Gasteiger partial charge in [0.1, 0.15) is 0 Å². The fraction of sp³-hybridized carbons (Fsp3) is 0.500. The van der Waals surface area contributed by atoms with Crippen LogP contribution in [0.4, 0.5) is 5.69 Å². The van der Waals surface area contributed by atoms with E-state index in [0.717, 1.165) is 12.8 Å². The molecular weight excluding hydrogens is 332 g/mol. The van der Waals surface area contributed by atoms with Crippen molar-refractivity contribution in [2.75, 3.05) is 25.2 Å². The average Bonchev–Trinajstić information content (AvgIpc) is 3.33. The Morgan fingerprint density at radius 1 is 1.12 bits per heavy atom. The van der Waals surface area contributed by atoms with Crippen LogP contribution in [0.2, 0.25) is 0 Å². The third-order valence-corrected chi connectivity index (χ3v) is 5.41. The molecule has 6 nitrogen and oxygen atoms in total. The van der Waals surface area contributed by atoms with Crippen LogP contribution in [0.3, 0.4) is 0 Å². The van der Waals surface area contributed by atoms with Gasteiger partial charge in [0, 0.05) is 37.2 Å². The van der Waals surface area contributed by atoms with Crippen LogP contribution >= 0.6 is 0 Å². The highest BCUT2D eigenvalue weighted by Crippen LogP contribution is 2.34. The lowest BCUT2D eigenvalue weighted by molar-refractivity contribution is -0.135. The molecule has 1 saturated heterocycles. The number of likely N-dealkylation sites (tertiary alicyclic amines) is 1. The smallest absolute Gasteiger partial charge is 0.231 e. The van der Waals surface area contributed by atoms with Gasteiger partial charge in [-0.15, -0.1) is 0 Å². The minimum Gasteiger partial charge on any atom is -0.454 e. The summed E-state index contributed by atoms with van der Waals surface area (Å²) in [6.45, 7) is 1.54. The number of carbonyl (C=O) groups is 2. The van der Waals surface area contributed by atoms with E-state index in [4.69, 9.17) is 9.47 Å². The number of nitrogens with one attached hydrogen (secondary N) is 1. The molecule has 138 valence electrons. The Labute approximate surface area is 153 Å². The van der Waals surface area contributed by atoms with Gasteiger partial charge in [-0.25, -0.2) is 0 Å². The molecule has 0 spiro atoms. The number of allylic oxidation sites excluding steroid dienone is 2. The van der Waals surface area contributed by atoms with Crippen LogP contribution in [0.5, 0.6) is 11.5 Å². The number of amides is 2. The van der Waals surface area contributed by atoms with E-state index in [1.165, 1.54) is 0 Å². The molecule has 0 radical (unpaired) electrons. The molecule has 1 unspecified atom stereocenters. The summed E-state index contributed by atoms with van der Waals surface area (Å²) in [5.74, 6) is 1.92. The highest BCUT2D eigenvalue weighted by atomic mass is 16.7. The van der Waals surface area contributed by atoms with Crippen molar-refractivity contribution < 1.29 is 19.1 Å². The number of benzene rings is 1. The van der Waals surface area contributed by atoms with Gasteiger partial charge in [0.05, 0.1) is 0 Å². The Hall–Kier alpha value is -2.50. The number of hydrogen-bond donors (Lipinski definition) is 1. The van der Waals surface area contributed by atoms with Crippen molar-refractivity contribution in [3.63, 3.8) is 0 Å². The third kappa shape index (κ3) is 3.69. The lowest BCUT2D eigenvalue weighted by Crippen LogP contribution is -2.41. The molecule has 6 heteroatoms. The molecule has 26 heavy (non-hydrogen) atoms. The van der Waals surface area contributed by atoms with Crippen LogP contribution in [0.1, 0.15) is 32.1 Å². The van der Waals surface area contributed by atoms with Crippen molar-refractivity contribution in [2.24, 2.45) is 11.8 Å². The number of hydrogen-bond acceptors (Lipinski definition) is 4. The van der Waals surface area contributed by atoms with Crippen molar-refractivity contribution in [1.29, 1.82) is 0 Å². The van der Waals surface area contributed by atoms with Gasteiger partial charge in [-0.1, -0.05) is 12.2 Å². The Morgan fingerprint density at radius 3 is 2.69 bits per heavy atom. The molecule has 1 fully saturated rings. The molecule has 0 aromatic heterocycles. The maximum absolute atomic E-state index is 12.5. The Balaban J connectivity index is 1.26. The first kappa shape index (κ1) is 16.9. The zero-order valence-corrected chi connectivity index (χ0v) is 14.8. The third-order valence-electron chi connectivity index (χ3n) is 5.41. The van der Waals surface area contributed by atoms with E-state index in [1.807, 2.05) is 11.0 Å². The molecule has 2 amide bonds. The molecule has 1 N–H and O–H groups in total. The Morgan fingerprint density at radius 2 is 1.92 bits per heavy atom. The summed E-state index contributed by atoms with van der Waals surface area (Å²) in [7, 11) is 0. The second kappa shape index (κ2) is 7.40. The summed E-state index contributed by atoms with van der Waals surface area (Å²) < 4.78 is 10.6. The summed E-state index contributed by atoms with van der Waals surface area (Å²) in [5, 5.41) is 2.96. The lowest BCUT2D eigenvalue weighted by atomic mass is 9.94. The molecule has 1 atom stereocenters. The first-order valence-corrected chi connectivity index (χ1v) is 9.34. The second-order valence-corrected chi connectivity index (χ2v) is 7.18. The zero-order valence-electron chi connectivity index (χ0n) is 14.8. The number of nitrogens with zero attached hydrogens (tertiary/aromatic N) is 1. The maximum Gasteiger partial charge on any atom is 0.231 e. The van der Waals surface area contributed by atoms with Gasteiger partial charge in [0.25, 0.3) is 0 Å². The minimum atomic E-state index is -0.0594. The van der Waals surface area contributed by atoms with Gasteiger partial charge < -0.3 is 19.7 Å². The number of fused-ring (bicyclic) bond motifs is 1. The maximum atomic E-state index is 12.5. The van der Waals surface area contributed by atoms with E-state index in [2.05, 4.69) is 17.5 Å². The summed E-state index contributed by atoms with van der Waals surface area (Å²) in [4.78, 5) is 26.8. The fourth-order valence-electron chi connectivity index (χ4n) is 3.83. The van der Waals surface area contributed by atoms with Crippen molar-refractivity contribution >= 4 is 17.5 Å². The van der Waals surface area contributed by atoms with Crippen molar-refractivity contribution in [3.8, 4) is 11.5 Å². The van der Waals surface area contributed by atoms with Gasteiger partial charge in [-0.2, -0.15) is 0 Å². The molecule has 1 aromatic rings. The minimum absolute atomic E-state index is 0.00897. The molecule has 2 heterocycles. The van der Waals surface area contributed by atoms with Crippen LogP contribution in [-0.2, 0) is 9.59 Å². The van der Waals surface area contributed by atoms with Gasteiger partial charge in [0.15, 0.2) is 11.5 Å². The van der Waals surface area contributed by atoms with Crippen molar-refractivity contribution in [1.82, 2.24) is 4.90 Å². The molecular formula is C20H24N2O4. The number of piperidine rings is 1. The lowest BCUT2D eigenvalue weighted by Gasteiger charge is -2.32. The number of ether oxygens (including phenoxy) is 2. The van der Waals surface area contributed by atoms with Crippen LogP contribution in [0.15, 0.2) is 30.4 Å². The number of anilines is 1. The SMILES string of the molecule is O=C(Nc1ccc2c(c1)OCO2)C1CCN(C(=O)CC2C=CCC2)CC1. The number of carbonyl (C=O) groups excluding carboxylic acids is 2. The molecule has 0 bridgehead atoms. The van der Waals surface area contributed by atoms with Crippen LogP contribution in [-0.4, -0.2) is 36.6 Å². The largest absolute Gasteiger partial charge is 0.454 e. The van der Waals surface area contributed by atoms with Gasteiger partial charge in [0.2, 0.25) is 18.6 Å². The normalized spacial score (nSPS) is 21.8. The summed E-state index contributed by atoms with van der Waals surface area (Å²) in [6.07, 6.45) is 8.50. The first-order valence-electron chi connectivity index (χ1n) is 9.34. The monoisotopic (exact) mass is 356 g/mol. The standard InChI is InChI=1S/C20H24N2O4/c23-19(11-14-3-1-2-4-14)22-9-7-15(8-10-22)20(24)21-16-5-6-17-18(12-16)26-13-25-17/h1,3,5-6,12,14-15H,2,4,7-11,13H2,(H,21,24). The van der Waals surface area contributed by atoms with Crippen molar-refractivity contribution in [2.45, 2.75) is 32.1 Å². The highest BCUT2D eigenvalue weighted by molar-refractivity contribution is 5.93. The van der Waals surface area contributed by atoms with E-state index < -0.39 is 0 Å². The fourth-order valence-corrected chi connectivity index (χ4v) is 3.83. The zero-order chi connectivity index (χ0) is 17.9. The number of rotatable bonds is 4. The summed E-state index contributed by atoms with van der Waals surface area (Å²) in [5.41, 5.74) is 0.714. The van der Waals surface area contributed by atoms with Crippen LogP contribution < -0.4 is 14.8 Å². The predicted octanol–water partition coefficient (Wildman–Crippen LogP) is 2.95. The Bertz CT molecular complexity index is 723. The van der Waals surface area contributed by atoms with Gasteiger partial charge >= 0.3 is 0 Å². The van der Waals surface area contributed by atoms with E-state index in [-0.39, 0.29) is 24.5 Å². The van der Waals surface area contributed by atoms with E-state index in [9.17, 15) is 9.59 Å². The summed E-state index contributed by atoms with van der Waals surface area (Å²) in [6, 6.07) is 5.41. The van der Waals surface area contributed by atoms with Crippen molar-refractivity contribution in [3.05, 3.63) is 30.4 Å². The molecule has 3 aliphatic rings. The Kier molecular flexibility index (Phi) is 4.82. The molecule has 1 aliphatic carbocycles. The second-order valence-electron chi connectivity index (χ2n) is 7.18. The van der Waals surface area contributed by atoms with E-state index in [1.54, 1.807) is 12.1 Å². The first-order chi connectivity index (χ1) is 12.7. The van der Waals surface area contributed by atoms with Gasteiger partial charge in [-0.3, -0.25) is 9.59 Å².